The largest absolute Gasteiger partial charge is 0.353 e. The van der Waals surface area contributed by atoms with E-state index < -0.39 is 0 Å². The van der Waals surface area contributed by atoms with E-state index in [1.54, 1.807) is 0 Å². The second-order valence-corrected chi connectivity index (χ2v) is 15.2. The van der Waals surface area contributed by atoms with Gasteiger partial charge >= 0.3 is 0 Å². The van der Waals surface area contributed by atoms with Gasteiger partial charge < -0.3 is 10.2 Å². The Labute approximate surface area is 212 Å². The first-order chi connectivity index (χ1) is 16.7. The highest BCUT2D eigenvalue weighted by molar-refractivity contribution is 5.81. The molecule has 1 saturated heterocycles. The lowest BCUT2D eigenvalue weighted by Crippen LogP contribution is -2.62. The molecule has 0 aromatic heterocycles. The van der Waals surface area contributed by atoms with Gasteiger partial charge in [0.1, 0.15) is 0 Å². The Balaban J connectivity index is 1.11. The molecule has 8 fully saturated rings. The molecule has 1 unspecified atom stereocenters. The van der Waals surface area contributed by atoms with Crippen LogP contribution in [0.5, 0.6) is 0 Å². The van der Waals surface area contributed by atoms with Crippen LogP contribution in [0, 0.1) is 64.1 Å². The molecule has 194 valence electrons. The lowest BCUT2D eigenvalue weighted by atomic mass is 9.46. The Bertz CT molecular complexity index is 888. The quantitative estimate of drug-likeness (QED) is 0.555. The van der Waals surface area contributed by atoms with Gasteiger partial charge in [-0.2, -0.15) is 0 Å². The van der Waals surface area contributed by atoms with Crippen molar-refractivity contribution in [1.82, 2.24) is 10.2 Å². The zero-order chi connectivity index (χ0) is 24.3. The summed E-state index contributed by atoms with van der Waals surface area (Å²) in [7, 11) is 2.06. The van der Waals surface area contributed by atoms with E-state index in [0.717, 1.165) is 48.9 Å². The maximum absolute atomic E-state index is 14.1. The predicted octanol–water partition coefficient (Wildman–Crippen LogP) is 5.65. The first-order valence-electron chi connectivity index (χ1n) is 15.2. The summed E-state index contributed by atoms with van der Waals surface area (Å²) >= 11 is 0. The summed E-state index contributed by atoms with van der Waals surface area (Å²) in [6, 6.07) is 0.885. The highest BCUT2D eigenvalue weighted by Crippen LogP contribution is 2.67. The van der Waals surface area contributed by atoms with E-state index in [1.165, 1.54) is 57.8 Å². The fourth-order valence-corrected chi connectivity index (χ4v) is 12.5. The van der Waals surface area contributed by atoms with Crippen LogP contribution in [0.4, 0.5) is 0 Å². The lowest BCUT2D eigenvalue weighted by molar-refractivity contribution is -0.160. The minimum atomic E-state index is 0.149. The van der Waals surface area contributed by atoms with Gasteiger partial charge in [0.15, 0.2) is 0 Å². The Morgan fingerprint density at radius 1 is 0.886 bits per heavy atom. The first-order valence-corrected chi connectivity index (χ1v) is 15.2. The number of nitrogens with zero attached hydrogens (tertiary/aromatic N) is 1. The summed E-state index contributed by atoms with van der Waals surface area (Å²) in [6.07, 6.45) is 14.8. The smallest absolute Gasteiger partial charge is 0.224 e. The number of carbonyl (C=O) groups excluding carboxylic acids is 2. The van der Waals surface area contributed by atoms with Gasteiger partial charge in [-0.05, 0) is 129 Å². The van der Waals surface area contributed by atoms with Crippen LogP contribution in [0.15, 0.2) is 0 Å². The molecular formula is C31H48N2O2. The molecule has 0 aromatic carbocycles. The summed E-state index contributed by atoms with van der Waals surface area (Å²) in [5, 5.41) is 3.74. The zero-order valence-corrected chi connectivity index (χ0v) is 22.6. The van der Waals surface area contributed by atoms with Crippen molar-refractivity contribution in [3.8, 4) is 0 Å². The van der Waals surface area contributed by atoms with Crippen LogP contribution >= 0.6 is 0 Å². The van der Waals surface area contributed by atoms with E-state index in [-0.39, 0.29) is 16.7 Å². The number of hydrogen-bond acceptors (Lipinski definition) is 2. The SMILES string of the molecule is CC1C[C@H]2[C@@H]3CC[C@H]4N(C)C(=O)CC[C@]4(C)[C@H]3CC[C@]2(C)[C@H]1C(=O)NC1C2CC3CC(C2)CC1C3. The zero-order valence-electron chi connectivity index (χ0n) is 22.6. The fourth-order valence-electron chi connectivity index (χ4n) is 12.5. The van der Waals surface area contributed by atoms with Gasteiger partial charge in [-0.15, -0.1) is 0 Å². The molecule has 35 heavy (non-hydrogen) atoms. The average Bonchev–Trinajstić information content (AvgIpc) is 3.08. The van der Waals surface area contributed by atoms with Crippen molar-refractivity contribution in [2.45, 2.75) is 110 Å². The van der Waals surface area contributed by atoms with Crippen LogP contribution in [0.3, 0.4) is 0 Å². The first kappa shape index (κ1) is 23.1. The van der Waals surface area contributed by atoms with Gasteiger partial charge in [-0.3, -0.25) is 9.59 Å². The molecule has 0 aromatic rings. The molecule has 7 saturated carbocycles. The standard InChI is InChI=1S/C31H48N2O2/c1-17-11-24-22-5-6-25-30(2,10-8-26(34)33(25)4)23(22)7-9-31(24,3)27(17)29(35)32-28-20-13-18-12-19(15-20)16-21(28)14-18/h17-25,27-28H,5-16H2,1-4H3,(H,32,35)/t17?,18?,19?,20?,21?,22-,23+,24+,25-,27-,28?,30-,31+/m1/s1. The Hall–Kier alpha value is -1.06. The van der Waals surface area contributed by atoms with E-state index >= 15 is 0 Å². The van der Waals surface area contributed by atoms with Crippen molar-refractivity contribution < 1.29 is 9.59 Å². The number of carbonyl (C=O) groups is 2. The summed E-state index contributed by atoms with van der Waals surface area (Å²) < 4.78 is 0. The third-order valence-corrected chi connectivity index (χ3v) is 13.7. The van der Waals surface area contributed by atoms with Crippen molar-refractivity contribution in [3.63, 3.8) is 0 Å². The monoisotopic (exact) mass is 480 g/mol. The number of amides is 2. The molecule has 8 atom stereocenters. The Morgan fingerprint density at radius 2 is 1.57 bits per heavy atom. The number of nitrogens with one attached hydrogen (secondary N) is 1. The highest BCUT2D eigenvalue weighted by Gasteiger charge is 2.64. The molecule has 8 aliphatic rings. The minimum absolute atomic E-state index is 0.149. The number of hydrogen-bond donors (Lipinski definition) is 1. The summed E-state index contributed by atoms with van der Waals surface area (Å²) in [5.74, 6) is 6.99. The van der Waals surface area contributed by atoms with Crippen molar-refractivity contribution in [2.24, 2.45) is 64.1 Å². The molecule has 4 nitrogen and oxygen atoms in total. The van der Waals surface area contributed by atoms with Crippen molar-refractivity contribution in [2.75, 3.05) is 7.05 Å². The maximum Gasteiger partial charge on any atom is 0.224 e. The van der Waals surface area contributed by atoms with Gasteiger partial charge in [0.25, 0.3) is 0 Å². The van der Waals surface area contributed by atoms with Crippen LogP contribution < -0.4 is 5.32 Å². The molecule has 0 radical (unpaired) electrons. The van der Waals surface area contributed by atoms with E-state index in [1.807, 2.05) is 0 Å². The van der Waals surface area contributed by atoms with Crippen molar-refractivity contribution >= 4 is 11.8 Å². The van der Waals surface area contributed by atoms with Crippen molar-refractivity contribution in [3.05, 3.63) is 0 Å². The number of rotatable bonds is 2. The van der Waals surface area contributed by atoms with E-state index in [4.69, 9.17) is 0 Å². The van der Waals surface area contributed by atoms with Gasteiger partial charge in [-0.25, -0.2) is 0 Å². The normalized spacial score (nSPS) is 56.4. The third-order valence-electron chi connectivity index (χ3n) is 13.7. The van der Waals surface area contributed by atoms with E-state index in [2.05, 4.69) is 38.0 Å². The molecule has 4 bridgehead atoms. The molecule has 1 N–H and O–H groups in total. The summed E-state index contributed by atoms with van der Waals surface area (Å²) in [4.78, 5) is 28.7. The lowest BCUT2D eigenvalue weighted by Gasteiger charge is -2.61. The van der Waals surface area contributed by atoms with Crippen LogP contribution in [0.2, 0.25) is 0 Å². The summed E-state index contributed by atoms with van der Waals surface area (Å²) in [6.45, 7) is 7.40. The van der Waals surface area contributed by atoms with Crippen LogP contribution in [-0.4, -0.2) is 35.8 Å². The van der Waals surface area contributed by atoms with Gasteiger partial charge in [-0.1, -0.05) is 20.8 Å². The number of piperidine rings is 1. The third kappa shape index (κ3) is 3.16. The second-order valence-electron chi connectivity index (χ2n) is 15.2. The fraction of sp³-hybridized carbons (Fsp3) is 0.935. The van der Waals surface area contributed by atoms with Crippen LogP contribution in [-0.2, 0) is 9.59 Å². The van der Waals surface area contributed by atoms with Gasteiger partial charge in [0, 0.05) is 31.5 Å². The molecule has 1 heterocycles. The topological polar surface area (TPSA) is 49.4 Å². The molecule has 4 heteroatoms. The second kappa shape index (κ2) is 7.73. The molecule has 8 rings (SSSR count). The van der Waals surface area contributed by atoms with E-state index in [0.29, 0.717) is 41.7 Å². The molecular weight excluding hydrogens is 432 g/mol. The Morgan fingerprint density at radius 3 is 2.26 bits per heavy atom. The van der Waals surface area contributed by atoms with Crippen LogP contribution in [0.1, 0.15) is 97.8 Å². The molecule has 2 amide bonds. The van der Waals surface area contributed by atoms with Gasteiger partial charge in [0.05, 0.1) is 0 Å². The maximum atomic E-state index is 14.1. The Kier molecular flexibility index (Phi) is 5.10. The highest BCUT2D eigenvalue weighted by atomic mass is 16.2. The van der Waals surface area contributed by atoms with Crippen molar-refractivity contribution in [1.29, 1.82) is 0 Å². The van der Waals surface area contributed by atoms with E-state index in [9.17, 15) is 9.59 Å². The molecule has 7 aliphatic carbocycles. The molecule has 1 aliphatic heterocycles. The number of fused-ring (bicyclic) bond motifs is 5. The van der Waals surface area contributed by atoms with Gasteiger partial charge in [0.2, 0.25) is 11.8 Å². The summed E-state index contributed by atoms with van der Waals surface area (Å²) in [5.41, 5.74) is 0.410. The molecule has 0 spiro atoms. The predicted molar refractivity (Wildman–Crippen MR) is 137 cm³/mol. The van der Waals surface area contributed by atoms with Crippen LogP contribution in [0.25, 0.3) is 0 Å². The minimum Gasteiger partial charge on any atom is -0.353 e. The average molecular weight is 481 g/mol. The number of likely N-dealkylation sites (tertiary alicyclic amines) is 1.